The van der Waals surface area contributed by atoms with Crippen LogP contribution in [0.4, 0.5) is 0 Å². The van der Waals surface area contributed by atoms with E-state index in [4.69, 9.17) is 4.42 Å². The standard InChI is InChI=1S/C17H11N5O/c1-2-4-15-12(3-1)20-17(23-15)13-7-10-22(21-13)14-6-9-19-16-11(14)5-8-18-16/h1-10H,(H,18,19). The summed E-state index contributed by atoms with van der Waals surface area (Å²) in [6.07, 6.45) is 5.52. The van der Waals surface area contributed by atoms with Crippen LogP contribution in [-0.4, -0.2) is 24.7 Å². The van der Waals surface area contributed by atoms with Gasteiger partial charge < -0.3 is 9.40 Å². The average Bonchev–Trinajstić information content (AvgIpc) is 3.31. The molecule has 0 aliphatic carbocycles. The van der Waals surface area contributed by atoms with Crippen LogP contribution in [0.2, 0.25) is 0 Å². The number of benzene rings is 1. The summed E-state index contributed by atoms with van der Waals surface area (Å²) >= 11 is 0. The summed E-state index contributed by atoms with van der Waals surface area (Å²) in [5.74, 6) is 0.518. The summed E-state index contributed by atoms with van der Waals surface area (Å²) in [6.45, 7) is 0. The van der Waals surface area contributed by atoms with Crippen LogP contribution in [-0.2, 0) is 0 Å². The van der Waals surface area contributed by atoms with Gasteiger partial charge in [0.1, 0.15) is 16.9 Å². The number of pyridine rings is 1. The van der Waals surface area contributed by atoms with E-state index in [2.05, 4.69) is 20.1 Å². The van der Waals surface area contributed by atoms with Crippen molar-refractivity contribution >= 4 is 22.1 Å². The van der Waals surface area contributed by atoms with Crippen molar-refractivity contribution in [2.75, 3.05) is 0 Å². The Morgan fingerprint density at radius 1 is 1.04 bits per heavy atom. The summed E-state index contributed by atoms with van der Waals surface area (Å²) in [5, 5.41) is 5.61. The summed E-state index contributed by atoms with van der Waals surface area (Å²) < 4.78 is 7.58. The van der Waals surface area contributed by atoms with E-state index >= 15 is 0 Å². The molecule has 4 heterocycles. The smallest absolute Gasteiger partial charge is 0.248 e. The molecule has 0 radical (unpaired) electrons. The van der Waals surface area contributed by atoms with Gasteiger partial charge in [0.2, 0.25) is 5.89 Å². The molecule has 0 saturated heterocycles. The van der Waals surface area contributed by atoms with Crippen LogP contribution in [0.15, 0.2) is 65.5 Å². The molecule has 0 aliphatic rings. The lowest BCUT2D eigenvalue weighted by atomic mass is 10.3. The number of para-hydroxylation sites is 2. The SMILES string of the molecule is c1ccc2oc(-c3ccn(-c4ccnc5[nH]ccc45)n3)nc2c1. The van der Waals surface area contributed by atoms with Crippen LogP contribution in [0.1, 0.15) is 0 Å². The second-order valence-corrected chi connectivity index (χ2v) is 5.20. The van der Waals surface area contributed by atoms with E-state index in [-0.39, 0.29) is 0 Å². The molecule has 23 heavy (non-hydrogen) atoms. The van der Waals surface area contributed by atoms with Crippen LogP contribution in [0.25, 0.3) is 39.4 Å². The van der Waals surface area contributed by atoms with Crippen LogP contribution in [0.3, 0.4) is 0 Å². The fraction of sp³-hybridized carbons (Fsp3) is 0. The predicted octanol–water partition coefficient (Wildman–Crippen LogP) is 3.56. The Labute approximate surface area is 130 Å². The number of hydrogen-bond acceptors (Lipinski definition) is 4. The minimum Gasteiger partial charge on any atom is -0.435 e. The van der Waals surface area contributed by atoms with E-state index in [1.807, 2.05) is 59.5 Å². The molecule has 110 valence electrons. The van der Waals surface area contributed by atoms with Gasteiger partial charge in [-0.3, -0.25) is 0 Å². The number of H-pyrrole nitrogens is 1. The van der Waals surface area contributed by atoms with Crippen molar-refractivity contribution in [1.29, 1.82) is 0 Å². The third-order valence-corrected chi connectivity index (χ3v) is 3.79. The van der Waals surface area contributed by atoms with Gasteiger partial charge in [0, 0.05) is 24.0 Å². The van der Waals surface area contributed by atoms with Gasteiger partial charge in [0.15, 0.2) is 5.58 Å². The Bertz CT molecular complexity index is 1100. The monoisotopic (exact) mass is 301 g/mol. The zero-order valence-electron chi connectivity index (χ0n) is 12.0. The van der Waals surface area contributed by atoms with E-state index in [0.29, 0.717) is 11.6 Å². The topological polar surface area (TPSA) is 72.5 Å². The average molecular weight is 301 g/mol. The molecular formula is C17H11N5O. The fourth-order valence-electron chi connectivity index (χ4n) is 2.70. The number of rotatable bonds is 2. The Morgan fingerprint density at radius 3 is 2.96 bits per heavy atom. The normalized spacial score (nSPS) is 11.5. The molecule has 0 fully saturated rings. The molecule has 5 aromatic rings. The maximum Gasteiger partial charge on any atom is 0.248 e. The Morgan fingerprint density at radius 2 is 2.00 bits per heavy atom. The van der Waals surface area contributed by atoms with Crippen molar-refractivity contribution in [3.63, 3.8) is 0 Å². The fourth-order valence-corrected chi connectivity index (χ4v) is 2.70. The van der Waals surface area contributed by atoms with Crippen LogP contribution >= 0.6 is 0 Å². The molecule has 0 saturated carbocycles. The number of fused-ring (bicyclic) bond motifs is 2. The van der Waals surface area contributed by atoms with Crippen LogP contribution in [0.5, 0.6) is 0 Å². The van der Waals surface area contributed by atoms with Crippen LogP contribution < -0.4 is 0 Å². The van der Waals surface area contributed by atoms with Crippen molar-refractivity contribution in [2.24, 2.45) is 0 Å². The number of aromatic amines is 1. The van der Waals surface area contributed by atoms with Gasteiger partial charge in [0.25, 0.3) is 0 Å². The van der Waals surface area contributed by atoms with Gasteiger partial charge in [-0.05, 0) is 30.3 Å². The van der Waals surface area contributed by atoms with E-state index < -0.39 is 0 Å². The van der Waals surface area contributed by atoms with Gasteiger partial charge in [-0.15, -0.1) is 0 Å². The molecule has 0 aliphatic heterocycles. The van der Waals surface area contributed by atoms with Gasteiger partial charge in [0.05, 0.1) is 5.69 Å². The van der Waals surface area contributed by atoms with Gasteiger partial charge in [-0.1, -0.05) is 12.1 Å². The molecule has 5 rings (SSSR count). The molecule has 0 spiro atoms. The minimum absolute atomic E-state index is 0.518. The Balaban J connectivity index is 1.64. The number of nitrogens with one attached hydrogen (secondary N) is 1. The number of nitrogens with zero attached hydrogens (tertiary/aromatic N) is 4. The van der Waals surface area contributed by atoms with E-state index in [9.17, 15) is 0 Å². The quantitative estimate of drug-likeness (QED) is 0.541. The first-order valence-corrected chi connectivity index (χ1v) is 7.22. The van der Waals surface area contributed by atoms with Crippen molar-refractivity contribution in [2.45, 2.75) is 0 Å². The number of aromatic nitrogens is 5. The number of oxazole rings is 1. The highest BCUT2D eigenvalue weighted by molar-refractivity contribution is 5.84. The molecule has 0 bridgehead atoms. The van der Waals surface area contributed by atoms with E-state index in [1.165, 1.54) is 0 Å². The Hall–Kier alpha value is -3.41. The first-order valence-electron chi connectivity index (χ1n) is 7.22. The third-order valence-electron chi connectivity index (χ3n) is 3.79. The highest BCUT2D eigenvalue weighted by Crippen LogP contribution is 2.24. The molecule has 0 amide bonds. The van der Waals surface area contributed by atoms with E-state index in [0.717, 1.165) is 27.8 Å². The van der Waals surface area contributed by atoms with Crippen molar-refractivity contribution < 1.29 is 4.42 Å². The lowest BCUT2D eigenvalue weighted by Gasteiger charge is -2.02. The molecule has 6 heteroatoms. The summed E-state index contributed by atoms with van der Waals surface area (Å²) in [5.41, 5.74) is 4.07. The number of hydrogen-bond donors (Lipinski definition) is 1. The third kappa shape index (κ3) is 1.85. The molecular weight excluding hydrogens is 290 g/mol. The first-order chi connectivity index (χ1) is 11.4. The molecule has 4 aromatic heterocycles. The van der Waals surface area contributed by atoms with Crippen LogP contribution in [0, 0.1) is 0 Å². The zero-order chi connectivity index (χ0) is 15.2. The largest absolute Gasteiger partial charge is 0.435 e. The lowest BCUT2D eigenvalue weighted by molar-refractivity contribution is 0.615. The van der Waals surface area contributed by atoms with Gasteiger partial charge in [-0.2, -0.15) is 5.10 Å². The maximum absolute atomic E-state index is 5.77. The zero-order valence-corrected chi connectivity index (χ0v) is 12.0. The molecule has 1 aromatic carbocycles. The summed E-state index contributed by atoms with van der Waals surface area (Å²) in [4.78, 5) is 11.9. The first kappa shape index (κ1) is 12.2. The van der Waals surface area contributed by atoms with Gasteiger partial charge in [-0.25, -0.2) is 14.6 Å². The van der Waals surface area contributed by atoms with Gasteiger partial charge >= 0.3 is 0 Å². The molecule has 0 atom stereocenters. The van der Waals surface area contributed by atoms with Crippen molar-refractivity contribution in [1.82, 2.24) is 24.7 Å². The lowest BCUT2D eigenvalue weighted by Crippen LogP contribution is -1.96. The minimum atomic E-state index is 0.518. The van der Waals surface area contributed by atoms with E-state index in [1.54, 1.807) is 6.20 Å². The van der Waals surface area contributed by atoms with Crippen molar-refractivity contribution in [3.8, 4) is 17.3 Å². The predicted molar refractivity (Wildman–Crippen MR) is 86.2 cm³/mol. The molecule has 6 nitrogen and oxygen atoms in total. The summed E-state index contributed by atoms with van der Waals surface area (Å²) in [7, 11) is 0. The maximum atomic E-state index is 5.77. The highest BCUT2D eigenvalue weighted by atomic mass is 16.3. The highest BCUT2D eigenvalue weighted by Gasteiger charge is 2.12. The molecule has 1 N–H and O–H groups in total. The molecule has 0 unspecified atom stereocenters. The summed E-state index contributed by atoms with van der Waals surface area (Å²) in [6, 6.07) is 13.5. The second-order valence-electron chi connectivity index (χ2n) is 5.20. The Kier molecular flexibility index (Phi) is 2.40. The second kappa shape index (κ2) is 4.54. The van der Waals surface area contributed by atoms with Crippen molar-refractivity contribution in [3.05, 3.63) is 61.1 Å².